The van der Waals surface area contributed by atoms with Crippen LogP contribution in [0.4, 0.5) is 11.4 Å². The number of anilines is 2. The number of nitrogens with zero attached hydrogens (tertiary/aromatic N) is 1. The van der Waals surface area contributed by atoms with Gasteiger partial charge in [-0.1, -0.05) is 29.3 Å². The first kappa shape index (κ1) is 24.1. The Kier molecular flexibility index (Phi) is 7.24. The number of carbonyl (C=O) groups excluding carboxylic acids is 3. The highest BCUT2D eigenvalue weighted by molar-refractivity contribution is 6.42. The molecule has 10 heteroatoms. The van der Waals surface area contributed by atoms with Crippen molar-refractivity contribution in [1.82, 2.24) is 4.68 Å². The average Bonchev–Trinajstić information content (AvgIpc) is 3.18. The molecule has 0 fully saturated rings. The standard InChI is InChI=1S/C25H20Cl2N4O4/c1-2-35-20-9-7-18(8-10-20)28-23(32)22-13-15-12-17(27)6-11-21(15)31(22)30-25(34)24(33)29-19-5-3-4-16(26)14-19/h3-14H,2H2,1H3,(H,28,32)(H,29,33)(H,30,34). The third-order valence-corrected chi connectivity index (χ3v) is 5.39. The van der Waals surface area contributed by atoms with E-state index in [-0.39, 0.29) is 5.69 Å². The summed E-state index contributed by atoms with van der Waals surface area (Å²) < 4.78 is 6.66. The van der Waals surface area contributed by atoms with Crippen LogP contribution >= 0.6 is 23.2 Å². The molecule has 3 aromatic carbocycles. The van der Waals surface area contributed by atoms with Gasteiger partial charge in [-0.2, -0.15) is 0 Å². The normalized spacial score (nSPS) is 10.6. The van der Waals surface area contributed by atoms with Gasteiger partial charge >= 0.3 is 11.8 Å². The van der Waals surface area contributed by atoms with Gasteiger partial charge in [0.2, 0.25) is 0 Å². The van der Waals surface area contributed by atoms with Crippen LogP contribution in [-0.4, -0.2) is 29.0 Å². The highest BCUT2D eigenvalue weighted by Crippen LogP contribution is 2.24. The van der Waals surface area contributed by atoms with Crippen LogP contribution in [0, 0.1) is 0 Å². The van der Waals surface area contributed by atoms with Crippen LogP contribution in [0.15, 0.2) is 72.8 Å². The number of ether oxygens (including phenoxy) is 1. The molecule has 0 aliphatic heterocycles. The molecule has 0 bridgehead atoms. The van der Waals surface area contributed by atoms with Crippen molar-refractivity contribution in [2.45, 2.75) is 6.92 Å². The van der Waals surface area contributed by atoms with Crippen LogP contribution in [0.2, 0.25) is 10.0 Å². The molecule has 0 radical (unpaired) electrons. The van der Waals surface area contributed by atoms with E-state index < -0.39 is 17.7 Å². The molecule has 0 spiro atoms. The van der Waals surface area contributed by atoms with Crippen LogP contribution in [0.1, 0.15) is 17.4 Å². The smallest absolute Gasteiger partial charge is 0.328 e. The Bertz CT molecular complexity index is 1420. The van der Waals surface area contributed by atoms with Gasteiger partial charge in [0.05, 0.1) is 12.1 Å². The van der Waals surface area contributed by atoms with Gasteiger partial charge in [0.25, 0.3) is 5.91 Å². The van der Waals surface area contributed by atoms with Gasteiger partial charge in [-0.3, -0.25) is 19.8 Å². The van der Waals surface area contributed by atoms with Crippen molar-refractivity contribution in [1.29, 1.82) is 0 Å². The molecule has 1 heterocycles. The lowest BCUT2D eigenvalue weighted by molar-refractivity contribution is -0.133. The maximum atomic E-state index is 13.1. The van der Waals surface area contributed by atoms with Gasteiger partial charge < -0.3 is 15.4 Å². The summed E-state index contributed by atoms with van der Waals surface area (Å²) in [7, 11) is 0. The molecule has 0 atom stereocenters. The van der Waals surface area contributed by atoms with Crippen molar-refractivity contribution in [2.24, 2.45) is 0 Å². The molecule has 3 amide bonds. The lowest BCUT2D eigenvalue weighted by Crippen LogP contribution is -2.36. The number of nitrogens with one attached hydrogen (secondary N) is 3. The topological polar surface area (TPSA) is 101 Å². The Balaban J connectivity index is 1.59. The lowest BCUT2D eigenvalue weighted by atomic mass is 10.2. The third-order valence-electron chi connectivity index (χ3n) is 4.92. The van der Waals surface area contributed by atoms with Crippen LogP contribution in [0.3, 0.4) is 0 Å². The number of benzene rings is 3. The van der Waals surface area contributed by atoms with Crippen molar-refractivity contribution >= 4 is 63.2 Å². The zero-order valence-electron chi connectivity index (χ0n) is 18.5. The van der Waals surface area contributed by atoms with Crippen molar-refractivity contribution in [3.05, 3.63) is 88.5 Å². The predicted molar refractivity (Wildman–Crippen MR) is 137 cm³/mol. The van der Waals surface area contributed by atoms with Gasteiger partial charge in [-0.25, -0.2) is 4.68 Å². The zero-order chi connectivity index (χ0) is 24.9. The summed E-state index contributed by atoms with van der Waals surface area (Å²) in [4.78, 5) is 38.3. The van der Waals surface area contributed by atoms with Gasteiger partial charge in [0.1, 0.15) is 11.4 Å². The number of aromatic nitrogens is 1. The first-order chi connectivity index (χ1) is 16.8. The quantitative estimate of drug-likeness (QED) is 0.306. The molecule has 35 heavy (non-hydrogen) atoms. The Hall–Kier alpha value is -4.01. The fraction of sp³-hybridized carbons (Fsp3) is 0.0800. The summed E-state index contributed by atoms with van der Waals surface area (Å²) in [6, 6.07) is 19.7. The number of halogens is 2. The SMILES string of the molecule is CCOc1ccc(NC(=O)c2cc3cc(Cl)ccc3n2NC(=O)C(=O)Nc2cccc(Cl)c2)cc1. The number of rotatable bonds is 6. The van der Waals surface area contributed by atoms with Gasteiger partial charge in [-0.05, 0) is 73.7 Å². The molecule has 0 saturated carbocycles. The summed E-state index contributed by atoms with van der Waals surface area (Å²) in [5.74, 6) is -1.74. The molecule has 0 unspecified atom stereocenters. The highest BCUT2D eigenvalue weighted by atomic mass is 35.5. The Morgan fingerprint density at radius 2 is 1.57 bits per heavy atom. The largest absolute Gasteiger partial charge is 0.494 e. The molecule has 1 aromatic heterocycles. The summed E-state index contributed by atoms with van der Waals surface area (Å²) in [5, 5.41) is 6.72. The molecule has 4 aromatic rings. The Morgan fingerprint density at radius 3 is 2.29 bits per heavy atom. The third kappa shape index (κ3) is 5.74. The molecule has 178 valence electrons. The molecule has 8 nitrogen and oxygen atoms in total. The molecule has 4 rings (SSSR count). The monoisotopic (exact) mass is 510 g/mol. The van der Waals surface area contributed by atoms with E-state index in [1.54, 1.807) is 66.7 Å². The molecule has 3 N–H and O–H groups in total. The molecular weight excluding hydrogens is 491 g/mol. The van der Waals surface area contributed by atoms with Crippen LogP contribution in [-0.2, 0) is 9.59 Å². The minimum absolute atomic E-state index is 0.0973. The number of carbonyl (C=O) groups is 3. The van der Waals surface area contributed by atoms with Crippen molar-refractivity contribution in [3.8, 4) is 5.75 Å². The lowest BCUT2D eigenvalue weighted by Gasteiger charge is -2.13. The maximum absolute atomic E-state index is 13.1. The van der Waals surface area contributed by atoms with E-state index in [2.05, 4.69) is 16.1 Å². The summed E-state index contributed by atoms with van der Waals surface area (Å²) in [6.07, 6.45) is 0. The van der Waals surface area contributed by atoms with Crippen molar-refractivity contribution in [2.75, 3.05) is 22.7 Å². The maximum Gasteiger partial charge on any atom is 0.328 e. The van der Waals surface area contributed by atoms with Crippen molar-refractivity contribution in [3.63, 3.8) is 0 Å². The highest BCUT2D eigenvalue weighted by Gasteiger charge is 2.21. The van der Waals surface area contributed by atoms with E-state index in [9.17, 15) is 14.4 Å². The second kappa shape index (κ2) is 10.5. The van der Waals surface area contributed by atoms with Crippen LogP contribution in [0.25, 0.3) is 10.9 Å². The Labute approximate surface area is 210 Å². The van der Waals surface area contributed by atoms with Crippen LogP contribution < -0.4 is 20.8 Å². The van der Waals surface area contributed by atoms with Crippen molar-refractivity contribution < 1.29 is 19.1 Å². The zero-order valence-corrected chi connectivity index (χ0v) is 20.0. The minimum atomic E-state index is -0.979. The van der Waals surface area contributed by atoms with Gasteiger partial charge in [-0.15, -0.1) is 0 Å². The second-order valence-electron chi connectivity index (χ2n) is 7.39. The van der Waals surface area contributed by atoms with E-state index in [4.69, 9.17) is 27.9 Å². The molecule has 0 aliphatic carbocycles. The molecule has 0 aliphatic rings. The van der Waals surface area contributed by atoms with Crippen LogP contribution in [0.5, 0.6) is 5.75 Å². The van der Waals surface area contributed by atoms with Gasteiger partial charge in [0, 0.05) is 26.8 Å². The second-order valence-corrected chi connectivity index (χ2v) is 8.26. The summed E-state index contributed by atoms with van der Waals surface area (Å²) in [6.45, 7) is 2.41. The number of amides is 3. The fourth-order valence-corrected chi connectivity index (χ4v) is 3.75. The summed E-state index contributed by atoms with van der Waals surface area (Å²) in [5.41, 5.74) is 3.95. The molecule has 0 saturated heterocycles. The molecular formula is C25H20Cl2N4O4. The number of fused-ring (bicyclic) bond motifs is 1. The van der Waals surface area contributed by atoms with E-state index in [1.807, 2.05) is 6.92 Å². The Morgan fingerprint density at radius 1 is 0.829 bits per heavy atom. The van der Waals surface area contributed by atoms with E-state index in [0.717, 1.165) is 0 Å². The van der Waals surface area contributed by atoms with Gasteiger partial charge in [0.15, 0.2) is 0 Å². The predicted octanol–water partition coefficient (Wildman–Crippen LogP) is 5.31. The minimum Gasteiger partial charge on any atom is -0.494 e. The average molecular weight is 511 g/mol. The van der Waals surface area contributed by atoms with E-state index in [1.165, 1.54) is 10.7 Å². The number of hydrogen-bond acceptors (Lipinski definition) is 4. The first-order valence-electron chi connectivity index (χ1n) is 10.6. The first-order valence-corrected chi connectivity index (χ1v) is 11.3. The summed E-state index contributed by atoms with van der Waals surface area (Å²) >= 11 is 12.0. The van der Waals surface area contributed by atoms with E-state index in [0.29, 0.717) is 44.7 Å². The fourth-order valence-electron chi connectivity index (χ4n) is 3.38. The number of hydrogen-bond donors (Lipinski definition) is 3. The van der Waals surface area contributed by atoms with E-state index >= 15 is 0 Å².